The molecule has 88 valence electrons. The maximum absolute atomic E-state index is 11.7. The summed E-state index contributed by atoms with van der Waals surface area (Å²) in [6.07, 6.45) is 3.11. The number of aliphatic hydroxyl groups excluding tert-OH is 1. The fourth-order valence-corrected chi connectivity index (χ4v) is 1.90. The van der Waals surface area contributed by atoms with Crippen LogP contribution in [0.15, 0.2) is 0 Å². The third-order valence-electron chi connectivity index (χ3n) is 2.83. The van der Waals surface area contributed by atoms with E-state index in [1.54, 1.807) is 4.90 Å². The van der Waals surface area contributed by atoms with E-state index in [4.69, 9.17) is 0 Å². The highest BCUT2D eigenvalue weighted by Crippen LogP contribution is 2.22. The van der Waals surface area contributed by atoms with Crippen molar-refractivity contribution < 1.29 is 9.90 Å². The first kappa shape index (κ1) is 12.5. The van der Waals surface area contributed by atoms with E-state index in [-0.39, 0.29) is 12.0 Å². The Balaban J connectivity index is 2.19. The number of hydrogen-bond acceptors (Lipinski definition) is 2. The molecule has 1 aliphatic rings. The molecule has 0 spiro atoms. The molecule has 0 aliphatic carbocycles. The van der Waals surface area contributed by atoms with Crippen LogP contribution in [0.4, 0.5) is 0 Å². The van der Waals surface area contributed by atoms with E-state index in [1.165, 1.54) is 0 Å². The number of hydrogen-bond donors (Lipinski definition) is 1. The summed E-state index contributed by atoms with van der Waals surface area (Å²) in [6, 6.07) is 0. The summed E-state index contributed by atoms with van der Waals surface area (Å²) in [7, 11) is 0. The van der Waals surface area contributed by atoms with Crippen LogP contribution in [-0.2, 0) is 4.79 Å². The molecule has 0 aromatic rings. The maximum Gasteiger partial charge on any atom is 0.222 e. The molecule has 1 rings (SSSR count). The summed E-state index contributed by atoms with van der Waals surface area (Å²) < 4.78 is 0. The summed E-state index contributed by atoms with van der Waals surface area (Å²) in [5.41, 5.74) is 0.310. The minimum atomic E-state index is -0.295. The summed E-state index contributed by atoms with van der Waals surface area (Å²) in [6.45, 7) is 7.84. The number of carbonyl (C=O) groups excluding carboxylic acids is 1. The highest BCUT2D eigenvalue weighted by Gasteiger charge is 2.24. The minimum absolute atomic E-state index is 0.204. The van der Waals surface area contributed by atoms with Crippen molar-refractivity contribution in [3.63, 3.8) is 0 Å². The number of nitrogens with zero attached hydrogens (tertiary/aromatic N) is 1. The molecule has 0 saturated carbocycles. The van der Waals surface area contributed by atoms with Gasteiger partial charge in [-0.05, 0) is 24.7 Å². The van der Waals surface area contributed by atoms with E-state index in [0.29, 0.717) is 18.4 Å². The molecule has 0 aromatic carbocycles. The van der Waals surface area contributed by atoms with E-state index in [1.807, 2.05) is 0 Å². The van der Waals surface area contributed by atoms with Crippen LogP contribution in [0.5, 0.6) is 0 Å². The number of rotatable bonds is 3. The second-order valence-corrected chi connectivity index (χ2v) is 5.70. The van der Waals surface area contributed by atoms with Crippen molar-refractivity contribution in [2.75, 3.05) is 13.1 Å². The standard InChI is InChI=1S/C12H23NO2/c1-12(2,3)7-4-5-11(15)13-8-6-10(14)9-13/h10,14H,4-9H2,1-3H3/t10-/m1/s1. The van der Waals surface area contributed by atoms with Gasteiger partial charge in [-0.2, -0.15) is 0 Å². The van der Waals surface area contributed by atoms with E-state index in [0.717, 1.165) is 25.8 Å². The molecule has 1 amide bonds. The van der Waals surface area contributed by atoms with Crippen molar-refractivity contribution in [3.05, 3.63) is 0 Å². The summed E-state index contributed by atoms with van der Waals surface area (Å²) in [5.74, 6) is 0.204. The van der Waals surface area contributed by atoms with Gasteiger partial charge in [0.05, 0.1) is 6.10 Å². The Kier molecular flexibility index (Phi) is 4.14. The first-order valence-corrected chi connectivity index (χ1v) is 5.84. The molecule has 0 unspecified atom stereocenters. The van der Waals surface area contributed by atoms with Gasteiger partial charge in [-0.3, -0.25) is 4.79 Å². The lowest BCUT2D eigenvalue weighted by molar-refractivity contribution is -0.130. The van der Waals surface area contributed by atoms with Crippen molar-refractivity contribution in [2.24, 2.45) is 5.41 Å². The molecule has 1 fully saturated rings. The van der Waals surface area contributed by atoms with Gasteiger partial charge in [0, 0.05) is 19.5 Å². The van der Waals surface area contributed by atoms with E-state index in [9.17, 15) is 9.90 Å². The van der Waals surface area contributed by atoms with Crippen molar-refractivity contribution in [1.29, 1.82) is 0 Å². The molecule has 3 nitrogen and oxygen atoms in total. The van der Waals surface area contributed by atoms with Crippen molar-refractivity contribution in [1.82, 2.24) is 4.90 Å². The maximum atomic E-state index is 11.7. The van der Waals surface area contributed by atoms with E-state index >= 15 is 0 Å². The third-order valence-corrected chi connectivity index (χ3v) is 2.83. The predicted molar refractivity (Wildman–Crippen MR) is 60.5 cm³/mol. The molecule has 3 heteroatoms. The van der Waals surface area contributed by atoms with Gasteiger partial charge in [-0.1, -0.05) is 20.8 Å². The first-order valence-electron chi connectivity index (χ1n) is 5.84. The van der Waals surface area contributed by atoms with Gasteiger partial charge in [0.25, 0.3) is 0 Å². The van der Waals surface area contributed by atoms with Crippen molar-refractivity contribution in [2.45, 2.75) is 52.6 Å². The van der Waals surface area contributed by atoms with Gasteiger partial charge in [0.2, 0.25) is 5.91 Å². The molecule has 0 bridgehead atoms. The molecule has 0 aromatic heterocycles. The summed E-state index contributed by atoms with van der Waals surface area (Å²) in [5, 5.41) is 9.31. The Labute approximate surface area is 92.5 Å². The quantitative estimate of drug-likeness (QED) is 0.776. The topological polar surface area (TPSA) is 40.5 Å². The van der Waals surface area contributed by atoms with Gasteiger partial charge in [-0.15, -0.1) is 0 Å². The highest BCUT2D eigenvalue weighted by molar-refractivity contribution is 5.76. The number of carbonyl (C=O) groups is 1. The number of β-amino-alcohol motifs (C(OH)–C–C–N with tert-alkyl or cyclic N) is 1. The van der Waals surface area contributed by atoms with Crippen LogP contribution in [0.2, 0.25) is 0 Å². The molecule has 1 aliphatic heterocycles. The van der Waals surface area contributed by atoms with Crippen LogP contribution >= 0.6 is 0 Å². The summed E-state index contributed by atoms with van der Waals surface area (Å²) >= 11 is 0. The second-order valence-electron chi connectivity index (χ2n) is 5.70. The molecular formula is C12H23NO2. The zero-order chi connectivity index (χ0) is 11.5. The van der Waals surface area contributed by atoms with Crippen LogP contribution in [0.3, 0.4) is 0 Å². The molecular weight excluding hydrogens is 190 g/mol. The van der Waals surface area contributed by atoms with Crippen molar-refractivity contribution >= 4 is 5.91 Å². The Morgan fingerprint density at radius 3 is 2.60 bits per heavy atom. The average molecular weight is 213 g/mol. The van der Waals surface area contributed by atoms with Crippen LogP contribution in [0.1, 0.15) is 46.5 Å². The largest absolute Gasteiger partial charge is 0.391 e. The normalized spacial score (nSPS) is 22.1. The van der Waals surface area contributed by atoms with Crippen LogP contribution in [0.25, 0.3) is 0 Å². The molecule has 1 atom stereocenters. The average Bonchev–Trinajstić information content (AvgIpc) is 2.49. The summed E-state index contributed by atoms with van der Waals surface area (Å²) in [4.78, 5) is 13.5. The van der Waals surface area contributed by atoms with Crippen LogP contribution in [0, 0.1) is 5.41 Å². The highest BCUT2D eigenvalue weighted by atomic mass is 16.3. The molecule has 1 heterocycles. The third kappa shape index (κ3) is 4.65. The van der Waals surface area contributed by atoms with E-state index < -0.39 is 0 Å². The lowest BCUT2D eigenvalue weighted by Crippen LogP contribution is -2.29. The smallest absolute Gasteiger partial charge is 0.222 e. The minimum Gasteiger partial charge on any atom is -0.391 e. The Hall–Kier alpha value is -0.570. The first-order chi connectivity index (χ1) is 6.88. The molecule has 1 N–H and O–H groups in total. The molecule has 0 radical (unpaired) electrons. The van der Waals surface area contributed by atoms with Gasteiger partial charge < -0.3 is 10.0 Å². The SMILES string of the molecule is CC(C)(C)CCCC(=O)N1CC[C@@H](O)C1. The Morgan fingerprint density at radius 2 is 2.13 bits per heavy atom. The monoisotopic (exact) mass is 213 g/mol. The molecule has 1 saturated heterocycles. The van der Waals surface area contributed by atoms with Gasteiger partial charge in [0.15, 0.2) is 0 Å². The number of likely N-dealkylation sites (tertiary alicyclic amines) is 1. The van der Waals surface area contributed by atoms with Crippen LogP contribution in [-0.4, -0.2) is 35.1 Å². The van der Waals surface area contributed by atoms with Crippen LogP contribution < -0.4 is 0 Å². The fourth-order valence-electron chi connectivity index (χ4n) is 1.90. The number of aliphatic hydroxyl groups is 1. The predicted octanol–water partition coefficient (Wildman–Crippen LogP) is 1.80. The fraction of sp³-hybridized carbons (Fsp3) is 0.917. The zero-order valence-corrected chi connectivity index (χ0v) is 10.1. The lowest BCUT2D eigenvalue weighted by Gasteiger charge is -2.19. The second kappa shape index (κ2) is 4.97. The van der Waals surface area contributed by atoms with Gasteiger partial charge >= 0.3 is 0 Å². The Morgan fingerprint density at radius 1 is 1.47 bits per heavy atom. The number of amides is 1. The van der Waals surface area contributed by atoms with Gasteiger partial charge in [0.1, 0.15) is 0 Å². The van der Waals surface area contributed by atoms with Gasteiger partial charge in [-0.25, -0.2) is 0 Å². The Bertz CT molecular complexity index is 220. The van der Waals surface area contributed by atoms with E-state index in [2.05, 4.69) is 20.8 Å². The zero-order valence-electron chi connectivity index (χ0n) is 10.1. The lowest BCUT2D eigenvalue weighted by atomic mass is 9.90. The molecule has 15 heavy (non-hydrogen) atoms. The van der Waals surface area contributed by atoms with Crippen molar-refractivity contribution in [3.8, 4) is 0 Å².